The van der Waals surface area contributed by atoms with Gasteiger partial charge in [-0.2, -0.15) is 0 Å². The molecular formula is C19H16N2O2. The molecule has 23 heavy (non-hydrogen) atoms. The van der Waals surface area contributed by atoms with E-state index in [1.165, 1.54) is 0 Å². The van der Waals surface area contributed by atoms with Gasteiger partial charge in [0, 0.05) is 46.0 Å². The molecule has 4 nitrogen and oxygen atoms in total. The lowest BCUT2D eigenvalue weighted by Gasteiger charge is -2.00. The highest BCUT2D eigenvalue weighted by Gasteiger charge is 2.23. The van der Waals surface area contributed by atoms with Gasteiger partial charge in [-0.05, 0) is 18.2 Å². The number of nitrogens with zero attached hydrogens (tertiary/aromatic N) is 1. The van der Waals surface area contributed by atoms with Crippen molar-refractivity contribution >= 4 is 34.1 Å². The number of carbonyl (C=O) groups excluding carboxylic acids is 1. The highest BCUT2D eigenvalue weighted by atomic mass is 16.3. The zero-order valence-corrected chi connectivity index (χ0v) is 12.5. The lowest BCUT2D eigenvalue weighted by Crippen LogP contribution is -2.03. The molecule has 2 heterocycles. The molecule has 2 N–H and O–H groups in total. The molecule has 0 spiro atoms. The molecule has 0 saturated heterocycles. The predicted molar refractivity (Wildman–Crippen MR) is 92.0 cm³/mol. The molecule has 1 amide bonds. The summed E-state index contributed by atoms with van der Waals surface area (Å²) in [4.78, 5) is 12.3. The van der Waals surface area contributed by atoms with Crippen LogP contribution in [0.2, 0.25) is 0 Å². The van der Waals surface area contributed by atoms with Crippen molar-refractivity contribution < 1.29 is 9.90 Å². The number of nitrogens with one attached hydrogen (secondary N) is 1. The van der Waals surface area contributed by atoms with E-state index in [9.17, 15) is 9.90 Å². The number of benzene rings is 2. The molecule has 2 aromatic carbocycles. The van der Waals surface area contributed by atoms with Gasteiger partial charge in [0.1, 0.15) is 0 Å². The van der Waals surface area contributed by atoms with E-state index in [0.717, 1.165) is 27.7 Å². The topological polar surface area (TPSA) is 54.3 Å². The fraction of sp³-hybridized carbons (Fsp3) is 0.105. The molecule has 0 aliphatic carbocycles. The van der Waals surface area contributed by atoms with Crippen LogP contribution in [0.1, 0.15) is 11.1 Å². The van der Waals surface area contributed by atoms with Crippen LogP contribution in [0.4, 0.5) is 5.69 Å². The van der Waals surface area contributed by atoms with E-state index in [0.29, 0.717) is 12.1 Å². The van der Waals surface area contributed by atoms with Crippen LogP contribution in [-0.2, 0) is 11.3 Å². The van der Waals surface area contributed by atoms with Gasteiger partial charge in [-0.25, -0.2) is 0 Å². The summed E-state index contributed by atoms with van der Waals surface area (Å²) in [6, 6.07) is 15.7. The largest absolute Gasteiger partial charge is 0.395 e. The van der Waals surface area contributed by atoms with Crippen molar-refractivity contribution in [2.75, 3.05) is 11.9 Å². The fourth-order valence-electron chi connectivity index (χ4n) is 3.12. The SMILES string of the molecule is O=C1Nc2ccccc2/C1=C/c1cn(CCO)c2ccccc12. The van der Waals surface area contributed by atoms with Crippen LogP contribution in [-0.4, -0.2) is 22.2 Å². The van der Waals surface area contributed by atoms with Gasteiger partial charge in [0.05, 0.1) is 6.61 Å². The van der Waals surface area contributed by atoms with Crippen molar-refractivity contribution in [3.8, 4) is 0 Å². The second-order valence-corrected chi connectivity index (χ2v) is 5.58. The van der Waals surface area contributed by atoms with Gasteiger partial charge in [0.15, 0.2) is 0 Å². The third kappa shape index (κ3) is 2.24. The van der Waals surface area contributed by atoms with Crippen LogP contribution >= 0.6 is 0 Å². The van der Waals surface area contributed by atoms with Crippen LogP contribution in [0, 0.1) is 0 Å². The molecule has 1 aliphatic heterocycles. The van der Waals surface area contributed by atoms with Crippen molar-refractivity contribution in [2.24, 2.45) is 0 Å². The Bertz CT molecular complexity index is 937. The van der Waals surface area contributed by atoms with Gasteiger partial charge in [-0.1, -0.05) is 36.4 Å². The molecule has 1 aliphatic rings. The molecule has 0 unspecified atom stereocenters. The van der Waals surface area contributed by atoms with Gasteiger partial charge < -0.3 is 15.0 Å². The molecule has 4 rings (SSSR count). The summed E-state index contributed by atoms with van der Waals surface area (Å²) >= 11 is 0. The number of para-hydroxylation sites is 2. The van der Waals surface area contributed by atoms with Gasteiger partial charge in [-0.3, -0.25) is 4.79 Å². The first-order valence-electron chi connectivity index (χ1n) is 7.59. The second kappa shape index (κ2) is 5.41. The van der Waals surface area contributed by atoms with Crippen molar-refractivity contribution in [3.05, 3.63) is 65.9 Å². The average molecular weight is 304 g/mol. The second-order valence-electron chi connectivity index (χ2n) is 5.58. The van der Waals surface area contributed by atoms with Gasteiger partial charge in [0.25, 0.3) is 5.91 Å². The first-order chi connectivity index (χ1) is 11.3. The highest BCUT2D eigenvalue weighted by molar-refractivity contribution is 6.35. The van der Waals surface area contributed by atoms with Crippen LogP contribution in [0.25, 0.3) is 22.6 Å². The maximum Gasteiger partial charge on any atom is 0.256 e. The Labute approximate surface area is 133 Å². The van der Waals surface area contributed by atoms with E-state index in [4.69, 9.17) is 0 Å². The molecule has 4 heteroatoms. The van der Waals surface area contributed by atoms with E-state index >= 15 is 0 Å². The van der Waals surface area contributed by atoms with Crippen molar-refractivity contribution in [1.82, 2.24) is 4.57 Å². The summed E-state index contributed by atoms with van der Waals surface area (Å²) in [7, 11) is 0. The number of hydrogen-bond acceptors (Lipinski definition) is 2. The first kappa shape index (κ1) is 13.8. The number of carbonyl (C=O) groups is 1. The number of aliphatic hydroxyl groups excluding tert-OH is 1. The Morgan fingerprint density at radius 1 is 1.09 bits per heavy atom. The minimum atomic E-state index is -0.0785. The minimum absolute atomic E-state index is 0.0785. The number of hydrogen-bond donors (Lipinski definition) is 2. The standard InChI is InChI=1S/C19H16N2O2/c22-10-9-21-12-13(14-5-2-4-8-18(14)21)11-16-15-6-1-3-7-17(15)20-19(16)23/h1-8,11-12,22H,9-10H2,(H,20,23)/b16-11-. The van der Waals surface area contributed by atoms with Crippen LogP contribution in [0.3, 0.4) is 0 Å². The molecule has 0 fully saturated rings. The normalized spacial score (nSPS) is 15.2. The summed E-state index contributed by atoms with van der Waals surface area (Å²) in [6.07, 6.45) is 3.92. The van der Waals surface area contributed by atoms with Crippen molar-refractivity contribution in [1.29, 1.82) is 0 Å². The van der Waals surface area contributed by atoms with Crippen LogP contribution in [0.15, 0.2) is 54.7 Å². The Morgan fingerprint density at radius 2 is 1.87 bits per heavy atom. The van der Waals surface area contributed by atoms with Crippen LogP contribution in [0.5, 0.6) is 0 Å². The van der Waals surface area contributed by atoms with Crippen LogP contribution < -0.4 is 5.32 Å². The number of fused-ring (bicyclic) bond motifs is 2. The number of amides is 1. The van der Waals surface area contributed by atoms with Gasteiger partial charge in [-0.15, -0.1) is 0 Å². The van der Waals surface area contributed by atoms with Gasteiger partial charge in [0.2, 0.25) is 0 Å². The molecule has 0 bridgehead atoms. The Balaban J connectivity index is 1.89. The highest BCUT2D eigenvalue weighted by Crippen LogP contribution is 2.34. The lowest BCUT2D eigenvalue weighted by atomic mass is 10.0. The lowest BCUT2D eigenvalue weighted by molar-refractivity contribution is -0.110. The molecule has 0 saturated carbocycles. The first-order valence-corrected chi connectivity index (χ1v) is 7.59. The van der Waals surface area contributed by atoms with E-state index in [1.807, 2.05) is 65.4 Å². The average Bonchev–Trinajstić information content (AvgIpc) is 3.07. The molecule has 0 radical (unpaired) electrons. The Kier molecular flexibility index (Phi) is 3.24. The molecular weight excluding hydrogens is 288 g/mol. The summed E-state index contributed by atoms with van der Waals surface area (Å²) < 4.78 is 2.01. The molecule has 3 aromatic rings. The Morgan fingerprint density at radius 3 is 2.74 bits per heavy atom. The number of rotatable bonds is 3. The Hall–Kier alpha value is -2.85. The number of anilines is 1. The molecule has 1 aromatic heterocycles. The molecule has 0 atom stereocenters. The minimum Gasteiger partial charge on any atom is -0.395 e. The van der Waals surface area contributed by atoms with E-state index < -0.39 is 0 Å². The maximum atomic E-state index is 12.3. The van der Waals surface area contributed by atoms with E-state index in [-0.39, 0.29) is 12.5 Å². The van der Waals surface area contributed by atoms with E-state index in [2.05, 4.69) is 5.32 Å². The zero-order valence-electron chi connectivity index (χ0n) is 12.5. The number of aliphatic hydroxyl groups is 1. The smallest absolute Gasteiger partial charge is 0.256 e. The van der Waals surface area contributed by atoms with Crippen molar-refractivity contribution in [2.45, 2.75) is 6.54 Å². The molecule has 114 valence electrons. The quantitative estimate of drug-likeness (QED) is 0.730. The summed E-state index contributed by atoms with van der Waals surface area (Å²) in [5.41, 5.74) is 4.49. The fourth-order valence-corrected chi connectivity index (χ4v) is 3.12. The number of aromatic nitrogens is 1. The summed E-state index contributed by atoms with van der Waals surface area (Å²) in [5, 5.41) is 13.2. The predicted octanol–water partition coefficient (Wildman–Crippen LogP) is 3.13. The summed E-state index contributed by atoms with van der Waals surface area (Å²) in [6.45, 7) is 0.616. The third-order valence-corrected chi connectivity index (χ3v) is 4.17. The monoisotopic (exact) mass is 304 g/mol. The third-order valence-electron chi connectivity index (χ3n) is 4.17. The van der Waals surface area contributed by atoms with Crippen molar-refractivity contribution in [3.63, 3.8) is 0 Å². The van der Waals surface area contributed by atoms with Gasteiger partial charge >= 0.3 is 0 Å². The summed E-state index contributed by atoms with van der Waals surface area (Å²) in [5.74, 6) is -0.0785. The van der Waals surface area contributed by atoms with E-state index in [1.54, 1.807) is 0 Å². The zero-order chi connectivity index (χ0) is 15.8. The maximum absolute atomic E-state index is 12.3.